The first-order chi connectivity index (χ1) is 13.9. The van der Waals surface area contributed by atoms with Gasteiger partial charge in [-0.3, -0.25) is 14.3 Å². The summed E-state index contributed by atoms with van der Waals surface area (Å²) < 4.78 is 6.97. The van der Waals surface area contributed by atoms with Gasteiger partial charge in [0, 0.05) is 28.8 Å². The Balaban J connectivity index is 1.56. The lowest BCUT2D eigenvalue weighted by atomic mass is 10.2. The van der Waals surface area contributed by atoms with Gasteiger partial charge in [0.15, 0.2) is 6.61 Å². The van der Waals surface area contributed by atoms with Gasteiger partial charge in [0.05, 0.1) is 5.02 Å². The summed E-state index contributed by atoms with van der Waals surface area (Å²) in [6.45, 7) is 1.52. The molecule has 0 bridgehead atoms. The molecule has 0 saturated carbocycles. The zero-order chi connectivity index (χ0) is 20.8. The Kier molecular flexibility index (Phi) is 6.74. The van der Waals surface area contributed by atoms with Crippen LogP contribution in [-0.2, 0) is 9.59 Å². The molecule has 7 nitrogen and oxygen atoms in total. The predicted octanol–water partition coefficient (Wildman–Crippen LogP) is 4.41. The molecule has 0 radical (unpaired) electrons. The van der Waals surface area contributed by atoms with Gasteiger partial charge in [-0.15, -0.1) is 0 Å². The van der Waals surface area contributed by atoms with Crippen LogP contribution in [0.3, 0.4) is 0 Å². The summed E-state index contributed by atoms with van der Waals surface area (Å²) in [7, 11) is 0. The second-order valence-electron chi connectivity index (χ2n) is 6.14. The molecule has 150 valence electrons. The van der Waals surface area contributed by atoms with Crippen molar-refractivity contribution in [3.8, 4) is 5.75 Å². The highest BCUT2D eigenvalue weighted by Crippen LogP contribution is 2.27. The number of ether oxygens (including phenoxy) is 1. The summed E-state index contributed by atoms with van der Waals surface area (Å²) in [4.78, 5) is 24.5. The zero-order valence-corrected chi connectivity index (χ0v) is 16.9. The summed E-state index contributed by atoms with van der Waals surface area (Å²) in [5, 5.41) is 10.4. The van der Waals surface area contributed by atoms with Crippen LogP contribution < -0.4 is 15.4 Å². The van der Waals surface area contributed by atoms with Crippen molar-refractivity contribution in [2.24, 2.45) is 0 Å². The molecule has 0 aliphatic heterocycles. The van der Waals surface area contributed by atoms with Crippen molar-refractivity contribution in [2.45, 2.75) is 13.0 Å². The van der Waals surface area contributed by atoms with Crippen molar-refractivity contribution in [2.75, 3.05) is 17.2 Å². The number of hydrogen-bond acceptors (Lipinski definition) is 4. The van der Waals surface area contributed by atoms with Gasteiger partial charge in [0.2, 0.25) is 5.91 Å². The van der Waals surface area contributed by atoms with Gasteiger partial charge in [-0.25, -0.2) is 0 Å². The maximum absolute atomic E-state index is 12.4. The molecule has 2 aromatic carbocycles. The Hall–Kier alpha value is -3.03. The van der Waals surface area contributed by atoms with Crippen molar-refractivity contribution >= 4 is 46.4 Å². The fourth-order valence-electron chi connectivity index (χ4n) is 2.48. The second-order valence-corrected chi connectivity index (χ2v) is 6.99. The van der Waals surface area contributed by atoms with E-state index in [9.17, 15) is 9.59 Å². The van der Waals surface area contributed by atoms with Gasteiger partial charge in [0.25, 0.3) is 5.91 Å². The predicted molar refractivity (Wildman–Crippen MR) is 113 cm³/mol. The normalized spacial score (nSPS) is 11.6. The number of anilines is 2. The van der Waals surface area contributed by atoms with Crippen LogP contribution in [0.15, 0.2) is 60.9 Å². The van der Waals surface area contributed by atoms with Crippen molar-refractivity contribution in [3.05, 3.63) is 71.0 Å². The average Bonchev–Trinajstić information content (AvgIpc) is 3.21. The van der Waals surface area contributed by atoms with Gasteiger partial charge in [-0.1, -0.05) is 29.3 Å². The quantitative estimate of drug-likeness (QED) is 0.578. The Bertz CT molecular complexity index is 1010. The highest BCUT2D eigenvalue weighted by atomic mass is 35.5. The standard InChI is InChI=1S/C20H18Cl2N4O3/c1-13(26-9-3-8-23-26)20(28)25-16-5-2-4-15(11-16)24-19(27)12-29-18-7-6-14(21)10-17(18)22/h2-11,13H,12H2,1H3,(H,24,27)(H,25,28). The van der Waals surface area contributed by atoms with E-state index in [1.807, 2.05) is 0 Å². The molecule has 3 aromatic rings. The molecule has 2 amide bonds. The monoisotopic (exact) mass is 432 g/mol. The molecule has 0 fully saturated rings. The molecule has 1 atom stereocenters. The highest BCUT2D eigenvalue weighted by molar-refractivity contribution is 6.35. The first-order valence-electron chi connectivity index (χ1n) is 8.70. The van der Waals surface area contributed by atoms with E-state index in [4.69, 9.17) is 27.9 Å². The van der Waals surface area contributed by atoms with Crippen LogP contribution in [0.5, 0.6) is 5.75 Å². The van der Waals surface area contributed by atoms with Crippen LogP contribution in [0.4, 0.5) is 11.4 Å². The van der Waals surface area contributed by atoms with Crippen LogP contribution in [0.2, 0.25) is 10.0 Å². The number of benzene rings is 2. The van der Waals surface area contributed by atoms with E-state index in [1.165, 1.54) is 6.07 Å². The minimum atomic E-state index is -0.472. The Morgan fingerprint density at radius 3 is 2.55 bits per heavy atom. The number of nitrogens with zero attached hydrogens (tertiary/aromatic N) is 2. The largest absolute Gasteiger partial charge is 0.482 e. The van der Waals surface area contributed by atoms with Gasteiger partial charge in [0.1, 0.15) is 11.8 Å². The van der Waals surface area contributed by atoms with E-state index in [0.29, 0.717) is 27.2 Å². The average molecular weight is 433 g/mol. The van der Waals surface area contributed by atoms with Crippen molar-refractivity contribution in [1.29, 1.82) is 0 Å². The molecule has 9 heteroatoms. The van der Waals surface area contributed by atoms with Crippen molar-refractivity contribution in [1.82, 2.24) is 9.78 Å². The number of rotatable bonds is 7. The fraction of sp³-hybridized carbons (Fsp3) is 0.150. The smallest absolute Gasteiger partial charge is 0.262 e. The second kappa shape index (κ2) is 9.45. The topological polar surface area (TPSA) is 85.3 Å². The van der Waals surface area contributed by atoms with E-state index in [1.54, 1.807) is 66.5 Å². The molecule has 0 aliphatic rings. The maximum Gasteiger partial charge on any atom is 0.262 e. The Morgan fingerprint density at radius 1 is 1.10 bits per heavy atom. The summed E-state index contributed by atoms with van der Waals surface area (Å²) in [5.74, 6) is -0.234. The zero-order valence-electron chi connectivity index (χ0n) is 15.4. The lowest BCUT2D eigenvalue weighted by molar-refractivity contribution is -0.119. The first-order valence-corrected chi connectivity index (χ1v) is 9.46. The third-order valence-electron chi connectivity index (χ3n) is 3.97. The molecule has 0 saturated heterocycles. The van der Waals surface area contributed by atoms with Gasteiger partial charge in [-0.05, 0) is 49.4 Å². The SMILES string of the molecule is CC(C(=O)Nc1cccc(NC(=O)COc2ccc(Cl)cc2Cl)c1)n1cccn1. The molecule has 1 aromatic heterocycles. The van der Waals surface area contributed by atoms with Crippen LogP contribution in [0, 0.1) is 0 Å². The Labute approximate surface area is 177 Å². The van der Waals surface area contributed by atoms with Gasteiger partial charge >= 0.3 is 0 Å². The number of amides is 2. The summed E-state index contributed by atoms with van der Waals surface area (Å²) in [6.07, 6.45) is 3.33. The van der Waals surface area contributed by atoms with Gasteiger partial charge < -0.3 is 15.4 Å². The molecular formula is C20H18Cl2N4O3. The van der Waals surface area contributed by atoms with Crippen LogP contribution in [0.25, 0.3) is 0 Å². The number of carbonyl (C=O) groups excluding carboxylic acids is 2. The number of hydrogen-bond donors (Lipinski definition) is 2. The molecule has 3 rings (SSSR count). The number of aromatic nitrogens is 2. The van der Waals surface area contributed by atoms with E-state index >= 15 is 0 Å². The van der Waals surface area contributed by atoms with E-state index < -0.39 is 6.04 Å². The summed E-state index contributed by atoms with van der Waals surface area (Å²) in [6, 6.07) is 12.8. The van der Waals surface area contributed by atoms with E-state index in [0.717, 1.165) is 0 Å². The number of nitrogens with one attached hydrogen (secondary N) is 2. The van der Waals surface area contributed by atoms with E-state index in [2.05, 4.69) is 15.7 Å². The number of halogens is 2. The van der Waals surface area contributed by atoms with E-state index in [-0.39, 0.29) is 18.4 Å². The molecule has 2 N–H and O–H groups in total. The Morgan fingerprint density at radius 2 is 1.86 bits per heavy atom. The minimum Gasteiger partial charge on any atom is -0.482 e. The molecule has 0 aliphatic carbocycles. The molecule has 1 unspecified atom stereocenters. The van der Waals surface area contributed by atoms with Crippen LogP contribution in [-0.4, -0.2) is 28.2 Å². The fourth-order valence-corrected chi connectivity index (χ4v) is 2.95. The lowest BCUT2D eigenvalue weighted by Gasteiger charge is -2.14. The van der Waals surface area contributed by atoms with Gasteiger partial charge in [-0.2, -0.15) is 5.10 Å². The lowest BCUT2D eigenvalue weighted by Crippen LogP contribution is -2.24. The maximum atomic E-state index is 12.4. The first kappa shape index (κ1) is 20.7. The highest BCUT2D eigenvalue weighted by Gasteiger charge is 2.15. The molecule has 0 spiro atoms. The van der Waals surface area contributed by atoms with Crippen LogP contribution in [0.1, 0.15) is 13.0 Å². The van der Waals surface area contributed by atoms with Crippen molar-refractivity contribution in [3.63, 3.8) is 0 Å². The van der Waals surface area contributed by atoms with Crippen molar-refractivity contribution < 1.29 is 14.3 Å². The summed E-state index contributed by atoms with van der Waals surface area (Å²) >= 11 is 11.8. The summed E-state index contributed by atoms with van der Waals surface area (Å²) in [5.41, 5.74) is 1.07. The third kappa shape index (κ3) is 5.73. The molecule has 1 heterocycles. The molecule has 29 heavy (non-hydrogen) atoms. The van der Waals surface area contributed by atoms with Crippen LogP contribution >= 0.6 is 23.2 Å². The number of carbonyl (C=O) groups is 2. The third-order valence-corrected chi connectivity index (χ3v) is 4.50. The minimum absolute atomic E-state index is 0.224. The molecular weight excluding hydrogens is 415 g/mol.